The molecular weight excluding hydrogens is 192 g/mol. The van der Waals surface area contributed by atoms with Crippen LogP contribution in [0, 0.1) is 6.92 Å². The fourth-order valence-corrected chi connectivity index (χ4v) is 1.50. The lowest BCUT2D eigenvalue weighted by molar-refractivity contribution is 0.0995. The predicted octanol–water partition coefficient (Wildman–Crippen LogP) is 0.879. The number of nitrogens with one attached hydrogen (secondary N) is 1. The van der Waals surface area contributed by atoms with Crippen molar-refractivity contribution in [1.82, 2.24) is 15.2 Å². The second-order valence-corrected chi connectivity index (χ2v) is 3.20. The zero-order valence-corrected chi connectivity index (χ0v) is 8.19. The van der Waals surface area contributed by atoms with E-state index in [1.54, 1.807) is 18.6 Å². The topological polar surface area (TPSA) is 84.7 Å². The number of H-pyrrole nitrogens is 1. The first kappa shape index (κ1) is 9.39. The summed E-state index contributed by atoms with van der Waals surface area (Å²) < 4.78 is 0. The summed E-state index contributed by atoms with van der Waals surface area (Å²) in [6, 6.07) is 1.83. The van der Waals surface area contributed by atoms with Gasteiger partial charge in [-0.15, -0.1) is 0 Å². The normalized spacial score (nSPS) is 10.2. The quantitative estimate of drug-likeness (QED) is 0.758. The molecule has 5 heteroatoms. The number of carbonyl (C=O) groups excluding carboxylic acids is 1. The molecule has 0 aliphatic carbocycles. The number of primary amides is 1. The van der Waals surface area contributed by atoms with Crippen LogP contribution in [0.4, 0.5) is 0 Å². The first-order chi connectivity index (χ1) is 7.20. The molecular formula is C10H10N4O. The molecule has 0 spiro atoms. The van der Waals surface area contributed by atoms with E-state index in [-0.39, 0.29) is 0 Å². The van der Waals surface area contributed by atoms with Crippen LogP contribution in [0.15, 0.2) is 24.7 Å². The average Bonchev–Trinajstić information content (AvgIpc) is 2.61. The van der Waals surface area contributed by atoms with Crippen LogP contribution in [-0.4, -0.2) is 21.1 Å². The number of nitrogens with two attached hydrogens (primary N) is 1. The van der Waals surface area contributed by atoms with Crippen molar-refractivity contribution in [2.24, 2.45) is 5.73 Å². The Labute approximate surface area is 86.3 Å². The molecule has 76 valence electrons. The van der Waals surface area contributed by atoms with Crippen LogP contribution in [-0.2, 0) is 0 Å². The molecule has 2 rings (SSSR count). The summed E-state index contributed by atoms with van der Waals surface area (Å²) in [4.78, 5) is 13.9. The van der Waals surface area contributed by atoms with Gasteiger partial charge in [-0.25, -0.2) is 0 Å². The summed E-state index contributed by atoms with van der Waals surface area (Å²) in [6.07, 6.45) is 4.99. The van der Waals surface area contributed by atoms with E-state index < -0.39 is 5.91 Å². The Hall–Kier alpha value is -2.17. The third kappa shape index (κ3) is 1.59. The Bertz CT molecular complexity index is 489. The van der Waals surface area contributed by atoms with Gasteiger partial charge in [0, 0.05) is 17.3 Å². The van der Waals surface area contributed by atoms with Gasteiger partial charge in [-0.2, -0.15) is 10.2 Å². The van der Waals surface area contributed by atoms with E-state index in [0.29, 0.717) is 5.69 Å². The molecule has 15 heavy (non-hydrogen) atoms. The van der Waals surface area contributed by atoms with Gasteiger partial charge in [-0.3, -0.25) is 4.79 Å². The highest BCUT2D eigenvalue weighted by Gasteiger charge is 2.12. The molecule has 2 aromatic heterocycles. The van der Waals surface area contributed by atoms with Crippen LogP contribution in [0.2, 0.25) is 0 Å². The SMILES string of the molecule is Cc1c(-c2ccnnc2)c[nH]c1C(N)=O. The van der Waals surface area contributed by atoms with Crippen LogP contribution < -0.4 is 5.73 Å². The largest absolute Gasteiger partial charge is 0.364 e. The second kappa shape index (κ2) is 3.53. The van der Waals surface area contributed by atoms with Crippen molar-refractivity contribution in [3.05, 3.63) is 35.9 Å². The molecule has 0 saturated carbocycles. The summed E-state index contributed by atoms with van der Waals surface area (Å²) in [6.45, 7) is 1.84. The minimum absolute atomic E-state index is 0.432. The molecule has 0 aliphatic heterocycles. The first-order valence-electron chi connectivity index (χ1n) is 4.45. The van der Waals surface area contributed by atoms with Crippen molar-refractivity contribution in [2.45, 2.75) is 6.92 Å². The van der Waals surface area contributed by atoms with Gasteiger partial charge in [0.05, 0.1) is 12.4 Å². The van der Waals surface area contributed by atoms with Crippen molar-refractivity contribution in [3.8, 4) is 11.1 Å². The Morgan fingerprint density at radius 2 is 2.27 bits per heavy atom. The number of hydrogen-bond acceptors (Lipinski definition) is 3. The van der Waals surface area contributed by atoms with Gasteiger partial charge in [0.15, 0.2) is 0 Å². The molecule has 0 fully saturated rings. The van der Waals surface area contributed by atoms with Gasteiger partial charge < -0.3 is 10.7 Å². The molecule has 0 aliphatic rings. The minimum Gasteiger partial charge on any atom is -0.364 e. The standard InChI is InChI=1S/C10H10N4O/c1-6-8(5-12-9(6)10(11)15)7-2-3-13-14-4-7/h2-5,12H,1H3,(H2,11,15). The summed E-state index contributed by atoms with van der Waals surface area (Å²) in [7, 11) is 0. The molecule has 0 atom stereocenters. The van der Waals surface area contributed by atoms with E-state index in [2.05, 4.69) is 15.2 Å². The molecule has 0 aromatic carbocycles. The molecule has 0 saturated heterocycles. The van der Waals surface area contributed by atoms with Crippen molar-refractivity contribution >= 4 is 5.91 Å². The Balaban J connectivity index is 2.52. The number of aromatic nitrogens is 3. The van der Waals surface area contributed by atoms with E-state index >= 15 is 0 Å². The number of carbonyl (C=O) groups is 1. The highest BCUT2D eigenvalue weighted by atomic mass is 16.1. The van der Waals surface area contributed by atoms with Crippen LogP contribution >= 0.6 is 0 Å². The zero-order valence-electron chi connectivity index (χ0n) is 8.19. The number of aromatic amines is 1. The van der Waals surface area contributed by atoms with Crippen molar-refractivity contribution < 1.29 is 4.79 Å². The van der Waals surface area contributed by atoms with E-state index in [1.807, 2.05) is 13.0 Å². The van der Waals surface area contributed by atoms with Gasteiger partial charge >= 0.3 is 0 Å². The number of amides is 1. The summed E-state index contributed by atoms with van der Waals surface area (Å²) >= 11 is 0. The lowest BCUT2D eigenvalue weighted by atomic mass is 10.1. The van der Waals surface area contributed by atoms with E-state index in [1.165, 1.54) is 0 Å². The summed E-state index contributed by atoms with van der Waals surface area (Å²) in [5.41, 5.74) is 8.29. The van der Waals surface area contributed by atoms with Crippen molar-refractivity contribution in [2.75, 3.05) is 0 Å². The molecule has 2 aromatic rings. The highest BCUT2D eigenvalue weighted by molar-refractivity contribution is 5.94. The molecule has 1 amide bonds. The summed E-state index contributed by atoms with van der Waals surface area (Å²) in [5, 5.41) is 7.47. The fraction of sp³-hybridized carbons (Fsp3) is 0.100. The fourth-order valence-electron chi connectivity index (χ4n) is 1.50. The molecule has 3 N–H and O–H groups in total. The van der Waals surface area contributed by atoms with E-state index in [9.17, 15) is 4.79 Å². The Kier molecular flexibility index (Phi) is 2.21. The Morgan fingerprint density at radius 1 is 1.47 bits per heavy atom. The zero-order chi connectivity index (χ0) is 10.8. The van der Waals surface area contributed by atoms with Crippen LogP contribution in [0.5, 0.6) is 0 Å². The van der Waals surface area contributed by atoms with Crippen molar-refractivity contribution in [3.63, 3.8) is 0 Å². The monoisotopic (exact) mass is 202 g/mol. The third-order valence-electron chi connectivity index (χ3n) is 2.28. The second-order valence-electron chi connectivity index (χ2n) is 3.20. The number of rotatable bonds is 2. The number of hydrogen-bond donors (Lipinski definition) is 2. The molecule has 2 heterocycles. The maximum absolute atomic E-state index is 11.0. The maximum Gasteiger partial charge on any atom is 0.265 e. The Morgan fingerprint density at radius 3 is 2.80 bits per heavy atom. The molecule has 0 radical (unpaired) electrons. The van der Waals surface area contributed by atoms with E-state index in [0.717, 1.165) is 16.7 Å². The average molecular weight is 202 g/mol. The van der Waals surface area contributed by atoms with Crippen LogP contribution in [0.3, 0.4) is 0 Å². The molecule has 5 nitrogen and oxygen atoms in total. The van der Waals surface area contributed by atoms with Gasteiger partial charge in [-0.05, 0) is 18.6 Å². The summed E-state index contributed by atoms with van der Waals surface area (Å²) in [5.74, 6) is -0.458. The predicted molar refractivity (Wildman–Crippen MR) is 55.1 cm³/mol. The molecule has 0 bridgehead atoms. The highest BCUT2D eigenvalue weighted by Crippen LogP contribution is 2.23. The smallest absolute Gasteiger partial charge is 0.265 e. The van der Waals surface area contributed by atoms with Gasteiger partial charge in [-0.1, -0.05) is 0 Å². The number of nitrogens with zero attached hydrogens (tertiary/aromatic N) is 2. The van der Waals surface area contributed by atoms with Crippen LogP contribution in [0.25, 0.3) is 11.1 Å². The maximum atomic E-state index is 11.0. The lowest BCUT2D eigenvalue weighted by Crippen LogP contribution is -2.12. The van der Waals surface area contributed by atoms with Crippen LogP contribution in [0.1, 0.15) is 16.1 Å². The lowest BCUT2D eigenvalue weighted by Gasteiger charge is -1.98. The van der Waals surface area contributed by atoms with Gasteiger partial charge in [0.2, 0.25) is 0 Å². The van der Waals surface area contributed by atoms with E-state index in [4.69, 9.17) is 5.73 Å². The van der Waals surface area contributed by atoms with Gasteiger partial charge in [0.25, 0.3) is 5.91 Å². The molecule has 0 unspecified atom stereocenters. The first-order valence-corrected chi connectivity index (χ1v) is 4.45. The minimum atomic E-state index is -0.458. The van der Waals surface area contributed by atoms with Crippen molar-refractivity contribution in [1.29, 1.82) is 0 Å². The third-order valence-corrected chi connectivity index (χ3v) is 2.28. The van der Waals surface area contributed by atoms with Gasteiger partial charge in [0.1, 0.15) is 5.69 Å².